The molecule has 0 amide bonds. The van der Waals surface area contributed by atoms with Crippen molar-refractivity contribution in [3.05, 3.63) is 40.6 Å². The van der Waals surface area contributed by atoms with E-state index in [9.17, 15) is 4.79 Å². The number of rotatable bonds is 2. The molecule has 16 heavy (non-hydrogen) atoms. The Morgan fingerprint density at radius 2 is 2.06 bits per heavy atom. The van der Waals surface area contributed by atoms with Crippen LogP contribution in [0.2, 0.25) is 0 Å². The van der Waals surface area contributed by atoms with Gasteiger partial charge in [-0.3, -0.25) is 5.10 Å². The summed E-state index contributed by atoms with van der Waals surface area (Å²) in [5, 5.41) is 6.12. The van der Waals surface area contributed by atoms with E-state index in [1.165, 1.54) is 6.20 Å². The number of carbonyl (C=O) groups is 1. The van der Waals surface area contributed by atoms with Gasteiger partial charge in [0.2, 0.25) is 0 Å². The molecule has 0 aliphatic carbocycles. The lowest BCUT2D eigenvalue weighted by molar-refractivity contribution is 0.0729. The molecule has 0 unspecified atom stereocenters. The monoisotopic (exact) mass is 281 g/mol. The number of aromatic nitrogens is 2. The molecule has 0 saturated heterocycles. The van der Waals surface area contributed by atoms with Crippen LogP contribution >= 0.6 is 15.9 Å². The summed E-state index contributed by atoms with van der Waals surface area (Å²) in [6.07, 6.45) is 1.36. The fourth-order valence-corrected chi connectivity index (χ4v) is 1.38. The Kier molecular flexibility index (Phi) is 2.91. The summed E-state index contributed by atoms with van der Waals surface area (Å²) >= 11 is 3.29. The summed E-state index contributed by atoms with van der Waals surface area (Å²) in [4.78, 5) is 11.6. The summed E-state index contributed by atoms with van der Waals surface area (Å²) < 4.78 is 5.99. The third-order valence-corrected chi connectivity index (χ3v) is 2.43. The molecule has 1 aromatic heterocycles. The number of benzene rings is 1. The highest BCUT2D eigenvalue weighted by Gasteiger charge is 2.13. The first-order chi connectivity index (χ1) is 7.66. The molecule has 1 heterocycles. The molecule has 0 saturated carbocycles. The summed E-state index contributed by atoms with van der Waals surface area (Å²) in [7, 11) is 0. The third-order valence-electron chi connectivity index (χ3n) is 1.90. The number of hydrogen-bond acceptors (Lipinski definition) is 4. The molecule has 0 aliphatic heterocycles. The summed E-state index contributed by atoms with van der Waals surface area (Å²) in [5.41, 5.74) is 5.94. The molecule has 5 nitrogen and oxygen atoms in total. The molecule has 82 valence electrons. The lowest BCUT2D eigenvalue weighted by Crippen LogP contribution is -2.11. The van der Waals surface area contributed by atoms with E-state index in [1.54, 1.807) is 24.3 Å². The third kappa shape index (κ3) is 2.22. The number of nitrogens with one attached hydrogen (secondary N) is 1. The Labute approximate surface area is 99.7 Å². The highest BCUT2D eigenvalue weighted by atomic mass is 79.9. The first kappa shape index (κ1) is 10.7. The predicted octanol–water partition coefficient (Wildman–Crippen LogP) is 1.97. The average Bonchev–Trinajstić information content (AvgIpc) is 2.68. The van der Waals surface area contributed by atoms with Gasteiger partial charge in [-0.25, -0.2) is 4.79 Å². The van der Waals surface area contributed by atoms with Crippen molar-refractivity contribution in [1.29, 1.82) is 0 Å². The first-order valence-corrected chi connectivity index (χ1v) is 5.22. The van der Waals surface area contributed by atoms with Crippen molar-refractivity contribution in [2.45, 2.75) is 0 Å². The van der Waals surface area contributed by atoms with Crippen molar-refractivity contribution in [3.8, 4) is 5.75 Å². The number of nitrogens with two attached hydrogens (primary N) is 1. The molecule has 0 spiro atoms. The minimum atomic E-state index is -0.558. The van der Waals surface area contributed by atoms with E-state index in [-0.39, 0.29) is 11.4 Å². The van der Waals surface area contributed by atoms with E-state index in [2.05, 4.69) is 26.1 Å². The minimum absolute atomic E-state index is 0.155. The molecule has 0 aliphatic rings. The predicted molar refractivity (Wildman–Crippen MR) is 62.1 cm³/mol. The standard InChI is InChI=1S/C10H8BrN3O2/c11-6-1-3-7(4-2-6)16-10(15)9-8(12)5-13-14-9/h1-5H,12H2,(H,13,14). The molecule has 0 fully saturated rings. The van der Waals surface area contributed by atoms with Gasteiger partial charge in [-0.05, 0) is 24.3 Å². The molecule has 0 atom stereocenters. The van der Waals surface area contributed by atoms with Crippen molar-refractivity contribution in [3.63, 3.8) is 0 Å². The number of ether oxygens (including phenoxy) is 1. The van der Waals surface area contributed by atoms with Gasteiger partial charge in [0.1, 0.15) is 5.75 Å². The van der Waals surface area contributed by atoms with Gasteiger partial charge in [-0.1, -0.05) is 15.9 Å². The zero-order chi connectivity index (χ0) is 11.5. The van der Waals surface area contributed by atoms with Gasteiger partial charge in [0.05, 0.1) is 11.9 Å². The molecule has 0 radical (unpaired) electrons. The number of nitrogens with zero attached hydrogens (tertiary/aromatic N) is 1. The number of nitrogen functional groups attached to an aromatic ring is 1. The second kappa shape index (κ2) is 4.36. The fourth-order valence-electron chi connectivity index (χ4n) is 1.12. The molecule has 6 heteroatoms. The van der Waals surface area contributed by atoms with Crippen LogP contribution in [0.15, 0.2) is 34.9 Å². The second-order valence-corrected chi connectivity index (χ2v) is 3.96. The number of hydrogen-bond donors (Lipinski definition) is 2. The van der Waals surface area contributed by atoms with Gasteiger partial charge in [0, 0.05) is 4.47 Å². The van der Waals surface area contributed by atoms with Gasteiger partial charge in [-0.15, -0.1) is 0 Å². The Balaban J connectivity index is 2.14. The van der Waals surface area contributed by atoms with Crippen LogP contribution in [0.5, 0.6) is 5.75 Å². The Bertz CT molecular complexity index is 507. The molecule has 2 rings (SSSR count). The average molecular weight is 282 g/mol. The van der Waals surface area contributed by atoms with Crippen LogP contribution in [-0.4, -0.2) is 16.2 Å². The number of aromatic amines is 1. The molecule has 0 bridgehead atoms. The van der Waals surface area contributed by atoms with Gasteiger partial charge < -0.3 is 10.5 Å². The normalized spacial score (nSPS) is 10.1. The van der Waals surface area contributed by atoms with Gasteiger partial charge in [0.15, 0.2) is 5.69 Å². The molecule has 2 aromatic rings. The highest BCUT2D eigenvalue weighted by molar-refractivity contribution is 9.10. The molecule has 3 N–H and O–H groups in total. The zero-order valence-corrected chi connectivity index (χ0v) is 9.69. The Morgan fingerprint density at radius 3 is 2.62 bits per heavy atom. The maximum absolute atomic E-state index is 11.6. The van der Waals surface area contributed by atoms with Crippen molar-refractivity contribution < 1.29 is 9.53 Å². The maximum Gasteiger partial charge on any atom is 0.363 e. The van der Waals surface area contributed by atoms with E-state index in [0.29, 0.717) is 5.75 Å². The van der Waals surface area contributed by atoms with Crippen LogP contribution in [0.3, 0.4) is 0 Å². The van der Waals surface area contributed by atoms with E-state index in [1.807, 2.05) is 0 Å². The summed E-state index contributed by atoms with van der Waals surface area (Å²) in [5.74, 6) is -0.112. The zero-order valence-electron chi connectivity index (χ0n) is 8.11. The van der Waals surface area contributed by atoms with Gasteiger partial charge >= 0.3 is 5.97 Å². The number of H-pyrrole nitrogens is 1. The number of carbonyl (C=O) groups excluding carboxylic acids is 1. The van der Waals surface area contributed by atoms with Gasteiger partial charge in [-0.2, -0.15) is 5.10 Å². The highest BCUT2D eigenvalue weighted by Crippen LogP contribution is 2.18. The maximum atomic E-state index is 11.6. The molecular weight excluding hydrogens is 274 g/mol. The lowest BCUT2D eigenvalue weighted by atomic mass is 10.3. The van der Waals surface area contributed by atoms with Crippen LogP contribution in [-0.2, 0) is 0 Å². The van der Waals surface area contributed by atoms with Crippen LogP contribution in [0.1, 0.15) is 10.5 Å². The quantitative estimate of drug-likeness (QED) is 0.651. The van der Waals surface area contributed by atoms with Gasteiger partial charge in [0.25, 0.3) is 0 Å². The van der Waals surface area contributed by atoms with Crippen LogP contribution in [0.4, 0.5) is 5.69 Å². The first-order valence-electron chi connectivity index (χ1n) is 4.43. The fraction of sp³-hybridized carbons (Fsp3) is 0. The van der Waals surface area contributed by atoms with Crippen molar-refractivity contribution in [2.75, 3.05) is 5.73 Å². The Morgan fingerprint density at radius 1 is 1.38 bits per heavy atom. The number of esters is 1. The summed E-state index contributed by atoms with van der Waals surface area (Å²) in [6.45, 7) is 0. The largest absolute Gasteiger partial charge is 0.422 e. The SMILES string of the molecule is Nc1cn[nH]c1C(=O)Oc1ccc(Br)cc1. The van der Waals surface area contributed by atoms with Crippen molar-refractivity contribution >= 4 is 27.6 Å². The number of anilines is 1. The Hall–Kier alpha value is -1.82. The minimum Gasteiger partial charge on any atom is -0.422 e. The topological polar surface area (TPSA) is 81.0 Å². The molecule has 1 aromatic carbocycles. The van der Waals surface area contributed by atoms with Crippen LogP contribution < -0.4 is 10.5 Å². The second-order valence-electron chi connectivity index (χ2n) is 3.04. The molecular formula is C10H8BrN3O2. The summed E-state index contributed by atoms with van der Waals surface area (Å²) in [6, 6.07) is 6.90. The van der Waals surface area contributed by atoms with Crippen LogP contribution in [0, 0.1) is 0 Å². The van der Waals surface area contributed by atoms with Crippen molar-refractivity contribution in [2.24, 2.45) is 0 Å². The van der Waals surface area contributed by atoms with Crippen molar-refractivity contribution in [1.82, 2.24) is 10.2 Å². The number of halogens is 1. The smallest absolute Gasteiger partial charge is 0.363 e. The van der Waals surface area contributed by atoms with E-state index < -0.39 is 5.97 Å². The van der Waals surface area contributed by atoms with E-state index in [4.69, 9.17) is 10.5 Å². The van der Waals surface area contributed by atoms with Crippen LogP contribution in [0.25, 0.3) is 0 Å². The lowest BCUT2D eigenvalue weighted by Gasteiger charge is -2.02. The van der Waals surface area contributed by atoms with E-state index in [0.717, 1.165) is 4.47 Å². The van der Waals surface area contributed by atoms with E-state index >= 15 is 0 Å².